The van der Waals surface area contributed by atoms with Gasteiger partial charge in [0, 0.05) is 5.56 Å². The van der Waals surface area contributed by atoms with E-state index in [9.17, 15) is 5.11 Å². The van der Waals surface area contributed by atoms with Crippen molar-refractivity contribution in [3.63, 3.8) is 0 Å². The Bertz CT molecular complexity index is 1100. The van der Waals surface area contributed by atoms with Crippen molar-refractivity contribution in [2.75, 3.05) is 20.0 Å². The third kappa shape index (κ3) is 2.81. The highest BCUT2D eigenvalue weighted by atomic mass is 35.5. The SMILES string of the molecule is O[C@@H]1COC2[C@H](Oc3nc4nc(-c5ccc6c(c5)OCO6)c(Cl)cc4[nH]3)CO[C@@H]21. The molecule has 0 aliphatic carbocycles. The van der Waals surface area contributed by atoms with Crippen molar-refractivity contribution in [3.05, 3.63) is 29.3 Å². The van der Waals surface area contributed by atoms with Gasteiger partial charge >= 0.3 is 0 Å². The number of nitrogens with zero attached hydrogens (tertiary/aromatic N) is 2. The Kier molecular flexibility index (Phi) is 3.85. The molecule has 9 nitrogen and oxygen atoms in total. The second kappa shape index (κ2) is 6.46. The van der Waals surface area contributed by atoms with E-state index in [4.69, 9.17) is 35.3 Å². The van der Waals surface area contributed by atoms with Crippen LogP contribution >= 0.6 is 11.6 Å². The van der Waals surface area contributed by atoms with Crippen LogP contribution in [-0.2, 0) is 9.47 Å². The van der Waals surface area contributed by atoms with Gasteiger partial charge in [0.1, 0.15) is 18.3 Å². The number of aliphatic hydroxyl groups excluding tert-OH is 1. The van der Waals surface area contributed by atoms with E-state index >= 15 is 0 Å². The summed E-state index contributed by atoms with van der Waals surface area (Å²) in [5.74, 6) is 1.35. The lowest BCUT2D eigenvalue weighted by atomic mass is 10.1. The van der Waals surface area contributed by atoms with Gasteiger partial charge in [0.15, 0.2) is 23.3 Å². The van der Waals surface area contributed by atoms with E-state index < -0.39 is 6.10 Å². The maximum atomic E-state index is 9.85. The Morgan fingerprint density at radius 2 is 1.93 bits per heavy atom. The standard InChI is InChI=1S/C19H16ClN3O6/c20-9-4-10-18(22-15(9)8-1-2-12-13(3-8)28-7-27-12)23-19(21-10)29-14-6-26-16-11(24)5-25-17(14)16/h1-4,11,14,16-17,24H,5-7H2,(H,21,22,23)/t11-,14-,16-,17?/m1/s1. The highest BCUT2D eigenvalue weighted by Crippen LogP contribution is 2.38. The van der Waals surface area contributed by atoms with Crippen LogP contribution in [0.15, 0.2) is 24.3 Å². The molecule has 1 aromatic carbocycles. The molecule has 0 amide bonds. The number of aliphatic hydroxyl groups is 1. The highest BCUT2D eigenvalue weighted by Gasteiger charge is 2.48. The number of aromatic amines is 1. The van der Waals surface area contributed by atoms with Gasteiger partial charge in [0.25, 0.3) is 6.01 Å². The van der Waals surface area contributed by atoms with Crippen LogP contribution in [0.2, 0.25) is 5.02 Å². The molecule has 2 fully saturated rings. The molecule has 10 heteroatoms. The molecule has 3 aromatic rings. The van der Waals surface area contributed by atoms with E-state index in [-0.39, 0.29) is 31.7 Å². The van der Waals surface area contributed by atoms with Crippen LogP contribution < -0.4 is 14.2 Å². The molecular formula is C19H16ClN3O6. The van der Waals surface area contributed by atoms with Crippen LogP contribution in [0.4, 0.5) is 0 Å². The van der Waals surface area contributed by atoms with E-state index in [1.165, 1.54) is 0 Å². The average Bonchev–Trinajstić information content (AvgIpc) is 3.47. The van der Waals surface area contributed by atoms with Gasteiger partial charge < -0.3 is 33.8 Å². The first kappa shape index (κ1) is 17.3. The zero-order chi connectivity index (χ0) is 19.5. The van der Waals surface area contributed by atoms with Crippen molar-refractivity contribution < 1.29 is 28.8 Å². The largest absolute Gasteiger partial charge is 0.456 e. The zero-order valence-electron chi connectivity index (χ0n) is 15.0. The van der Waals surface area contributed by atoms with Crippen LogP contribution in [0, 0.1) is 0 Å². The average molecular weight is 418 g/mol. The fourth-order valence-corrected chi connectivity index (χ4v) is 4.15. The predicted molar refractivity (Wildman–Crippen MR) is 100 cm³/mol. The van der Waals surface area contributed by atoms with E-state index in [1.54, 1.807) is 6.07 Å². The summed E-state index contributed by atoms with van der Waals surface area (Å²) < 4.78 is 27.9. The molecule has 2 saturated heterocycles. The monoisotopic (exact) mass is 417 g/mol. The maximum Gasteiger partial charge on any atom is 0.296 e. The van der Waals surface area contributed by atoms with Crippen molar-refractivity contribution in [1.82, 2.24) is 15.0 Å². The number of imidazole rings is 1. The van der Waals surface area contributed by atoms with Gasteiger partial charge in [0.2, 0.25) is 6.79 Å². The molecule has 1 unspecified atom stereocenters. The Morgan fingerprint density at radius 3 is 2.86 bits per heavy atom. The molecule has 2 aromatic heterocycles. The van der Waals surface area contributed by atoms with Crippen molar-refractivity contribution >= 4 is 22.8 Å². The Balaban J connectivity index is 1.30. The molecule has 0 bridgehead atoms. The minimum atomic E-state index is -0.631. The first-order chi connectivity index (χ1) is 14.2. The molecule has 3 aliphatic rings. The van der Waals surface area contributed by atoms with Crippen LogP contribution in [-0.4, -0.2) is 64.5 Å². The van der Waals surface area contributed by atoms with Gasteiger partial charge in [-0.3, -0.25) is 0 Å². The number of ether oxygens (including phenoxy) is 5. The Hall–Kier alpha value is -2.59. The van der Waals surface area contributed by atoms with E-state index in [0.717, 1.165) is 5.56 Å². The third-order valence-corrected chi connectivity index (χ3v) is 5.58. The fraction of sp³-hybridized carbons (Fsp3) is 0.368. The molecule has 3 aliphatic heterocycles. The smallest absolute Gasteiger partial charge is 0.296 e. The van der Waals surface area contributed by atoms with Crippen molar-refractivity contribution in [1.29, 1.82) is 0 Å². The Labute approximate surface area is 169 Å². The lowest BCUT2D eigenvalue weighted by Gasteiger charge is -2.15. The van der Waals surface area contributed by atoms with Gasteiger partial charge in [-0.1, -0.05) is 11.6 Å². The minimum Gasteiger partial charge on any atom is -0.456 e. The van der Waals surface area contributed by atoms with Crippen LogP contribution in [0.1, 0.15) is 0 Å². The van der Waals surface area contributed by atoms with Crippen LogP contribution in [0.3, 0.4) is 0 Å². The van der Waals surface area contributed by atoms with Gasteiger partial charge in [0.05, 0.1) is 29.4 Å². The lowest BCUT2D eigenvalue weighted by molar-refractivity contribution is 0.00706. The topological polar surface area (TPSA) is 108 Å². The molecule has 6 rings (SSSR count). The number of H-pyrrole nitrogens is 1. The summed E-state index contributed by atoms with van der Waals surface area (Å²) in [5, 5.41) is 10.3. The zero-order valence-corrected chi connectivity index (χ0v) is 15.8. The first-order valence-corrected chi connectivity index (χ1v) is 9.58. The summed E-state index contributed by atoms with van der Waals surface area (Å²) in [6.45, 7) is 0.762. The van der Waals surface area contributed by atoms with Crippen molar-refractivity contribution in [3.8, 4) is 28.8 Å². The normalized spacial score (nSPS) is 27.5. The minimum absolute atomic E-state index is 0.201. The summed E-state index contributed by atoms with van der Waals surface area (Å²) in [6.07, 6.45) is -1.68. The molecule has 29 heavy (non-hydrogen) atoms. The van der Waals surface area contributed by atoms with Crippen LogP contribution in [0.25, 0.3) is 22.4 Å². The summed E-state index contributed by atoms with van der Waals surface area (Å²) in [7, 11) is 0. The third-order valence-electron chi connectivity index (χ3n) is 5.30. The number of benzene rings is 1. The molecule has 2 N–H and O–H groups in total. The number of aromatic nitrogens is 3. The van der Waals surface area contributed by atoms with Gasteiger partial charge in [-0.2, -0.15) is 4.98 Å². The van der Waals surface area contributed by atoms with E-state index in [2.05, 4.69) is 15.0 Å². The Morgan fingerprint density at radius 1 is 1.07 bits per heavy atom. The molecule has 0 saturated carbocycles. The molecular weight excluding hydrogens is 402 g/mol. The number of halogens is 1. The molecule has 0 spiro atoms. The van der Waals surface area contributed by atoms with Crippen molar-refractivity contribution in [2.24, 2.45) is 0 Å². The quantitative estimate of drug-likeness (QED) is 0.665. The molecule has 5 heterocycles. The maximum absolute atomic E-state index is 9.85. The number of rotatable bonds is 3. The summed E-state index contributed by atoms with van der Waals surface area (Å²) in [4.78, 5) is 12.1. The van der Waals surface area contributed by atoms with E-state index in [0.29, 0.717) is 46.0 Å². The number of fused-ring (bicyclic) bond motifs is 3. The summed E-state index contributed by atoms with van der Waals surface area (Å²) in [5.41, 5.74) is 2.51. The first-order valence-electron chi connectivity index (χ1n) is 9.20. The number of hydrogen-bond acceptors (Lipinski definition) is 8. The molecule has 0 radical (unpaired) electrons. The number of hydrogen-bond donors (Lipinski definition) is 2. The van der Waals surface area contributed by atoms with Crippen molar-refractivity contribution in [2.45, 2.75) is 24.4 Å². The number of pyridine rings is 1. The highest BCUT2D eigenvalue weighted by molar-refractivity contribution is 6.33. The lowest BCUT2D eigenvalue weighted by Crippen LogP contribution is -2.34. The molecule has 150 valence electrons. The van der Waals surface area contributed by atoms with E-state index in [1.807, 2.05) is 18.2 Å². The summed E-state index contributed by atoms with van der Waals surface area (Å²) in [6, 6.07) is 7.59. The van der Waals surface area contributed by atoms with Gasteiger partial charge in [-0.25, -0.2) is 4.98 Å². The number of nitrogens with one attached hydrogen (secondary N) is 1. The molecule has 4 atom stereocenters. The second-order valence-electron chi connectivity index (χ2n) is 7.12. The van der Waals surface area contributed by atoms with Gasteiger partial charge in [-0.05, 0) is 24.3 Å². The second-order valence-corrected chi connectivity index (χ2v) is 7.53. The summed E-state index contributed by atoms with van der Waals surface area (Å²) >= 11 is 6.47. The van der Waals surface area contributed by atoms with Crippen LogP contribution in [0.5, 0.6) is 17.5 Å². The fourth-order valence-electron chi connectivity index (χ4n) is 3.89. The van der Waals surface area contributed by atoms with Gasteiger partial charge in [-0.15, -0.1) is 0 Å². The predicted octanol–water partition coefficient (Wildman–Crippen LogP) is 1.91.